The van der Waals surface area contributed by atoms with E-state index in [4.69, 9.17) is 4.42 Å². The van der Waals surface area contributed by atoms with E-state index in [0.29, 0.717) is 17.6 Å². The zero-order chi connectivity index (χ0) is 17.8. The van der Waals surface area contributed by atoms with Gasteiger partial charge in [0.05, 0.1) is 24.4 Å². The third kappa shape index (κ3) is 3.69. The van der Waals surface area contributed by atoms with Gasteiger partial charge in [-0.15, -0.1) is 0 Å². The molecule has 0 unspecified atom stereocenters. The fraction of sp³-hybridized carbons (Fsp3) is 0.350. The molecular formula is C20H22N4O2. The zero-order valence-corrected chi connectivity index (χ0v) is 14.6. The molecule has 1 aliphatic rings. The summed E-state index contributed by atoms with van der Waals surface area (Å²) in [5.74, 6) is 1.17. The highest BCUT2D eigenvalue weighted by Gasteiger charge is 2.19. The first kappa shape index (κ1) is 16.6. The Hall–Kier alpha value is -2.89. The number of hydrogen-bond acceptors (Lipinski definition) is 4. The van der Waals surface area contributed by atoms with Crippen LogP contribution in [0.15, 0.2) is 53.3 Å². The average Bonchev–Trinajstić information content (AvgIpc) is 3.33. The molecule has 0 aliphatic heterocycles. The Kier molecular flexibility index (Phi) is 4.82. The Morgan fingerprint density at radius 2 is 1.96 bits per heavy atom. The van der Waals surface area contributed by atoms with Gasteiger partial charge in [-0.25, -0.2) is 9.67 Å². The van der Waals surface area contributed by atoms with E-state index in [1.54, 1.807) is 12.5 Å². The van der Waals surface area contributed by atoms with Crippen LogP contribution in [0.2, 0.25) is 0 Å². The number of nitrogens with one attached hydrogen (secondary N) is 1. The molecule has 0 saturated heterocycles. The summed E-state index contributed by atoms with van der Waals surface area (Å²) in [5, 5.41) is 7.38. The van der Waals surface area contributed by atoms with Crippen LogP contribution in [-0.2, 0) is 11.2 Å². The minimum absolute atomic E-state index is 0.115. The van der Waals surface area contributed by atoms with Gasteiger partial charge in [-0.2, -0.15) is 5.10 Å². The molecule has 1 aromatic carbocycles. The van der Waals surface area contributed by atoms with Crippen LogP contribution in [-0.4, -0.2) is 20.7 Å². The van der Waals surface area contributed by atoms with Crippen LogP contribution in [0.1, 0.15) is 43.8 Å². The molecule has 4 rings (SSSR count). The lowest BCUT2D eigenvalue weighted by Crippen LogP contribution is -2.21. The molecule has 1 saturated carbocycles. The first-order chi connectivity index (χ1) is 12.8. The molecular weight excluding hydrogens is 328 g/mol. The Balaban J connectivity index is 1.41. The van der Waals surface area contributed by atoms with Crippen molar-refractivity contribution in [3.05, 3.63) is 54.6 Å². The highest BCUT2D eigenvalue weighted by atomic mass is 16.3. The standard InChI is InChI=1S/C20H22N4O2/c25-19(13-16-14-26-20(22-16)15-7-3-1-4-8-15)23-18-11-12-21-24(18)17-9-5-2-6-10-17/h1,3-4,7-8,11-12,14,17H,2,5-6,9-10,13H2,(H,23,25). The Morgan fingerprint density at radius 1 is 1.15 bits per heavy atom. The highest BCUT2D eigenvalue weighted by Crippen LogP contribution is 2.30. The van der Waals surface area contributed by atoms with Crippen LogP contribution in [0.5, 0.6) is 0 Å². The van der Waals surface area contributed by atoms with Crippen molar-refractivity contribution in [2.75, 3.05) is 5.32 Å². The number of anilines is 1. The van der Waals surface area contributed by atoms with Gasteiger partial charge >= 0.3 is 0 Å². The monoisotopic (exact) mass is 350 g/mol. The highest BCUT2D eigenvalue weighted by molar-refractivity contribution is 5.91. The van der Waals surface area contributed by atoms with E-state index >= 15 is 0 Å². The SMILES string of the molecule is O=C(Cc1coc(-c2ccccc2)n1)Nc1ccnn1C1CCCCC1. The third-order valence-electron chi connectivity index (χ3n) is 4.77. The van der Waals surface area contributed by atoms with Gasteiger partial charge in [-0.05, 0) is 25.0 Å². The maximum atomic E-state index is 12.4. The average molecular weight is 350 g/mol. The van der Waals surface area contributed by atoms with Crippen molar-refractivity contribution < 1.29 is 9.21 Å². The van der Waals surface area contributed by atoms with Gasteiger partial charge in [0.1, 0.15) is 12.1 Å². The minimum atomic E-state index is -0.115. The van der Waals surface area contributed by atoms with Crippen molar-refractivity contribution in [3.8, 4) is 11.5 Å². The Bertz CT molecular complexity index is 863. The van der Waals surface area contributed by atoms with Gasteiger partial charge in [-0.1, -0.05) is 37.5 Å². The molecule has 6 heteroatoms. The molecule has 6 nitrogen and oxygen atoms in total. The Morgan fingerprint density at radius 3 is 2.77 bits per heavy atom. The smallest absolute Gasteiger partial charge is 0.231 e. The van der Waals surface area contributed by atoms with Crippen molar-refractivity contribution in [2.45, 2.75) is 44.6 Å². The lowest BCUT2D eigenvalue weighted by atomic mass is 9.96. The summed E-state index contributed by atoms with van der Waals surface area (Å²) in [6, 6.07) is 11.9. The van der Waals surface area contributed by atoms with E-state index in [-0.39, 0.29) is 12.3 Å². The van der Waals surface area contributed by atoms with Crippen LogP contribution >= 0.6 is 0 Å². The summed E-state index contributed by atoms with van der Waals surface area (Å²) in [7, 11) is 0. The fourth-order valence-electron chi connectivity index (χ4n) is 3.48. The van der Waals surface area contributed by atoms with E-state index in [1.165, 1.54) is 19.3 Å². The molecule has 2 heterocycles. The second kappa shape index (κ2) is 7.56. The van der Waals surface area contributed by atoms with Crippen LogP contribution in [0.25, 0.3) is 11.5 Å². The number of aromatic nitrogens is 3. The molecule has 1 aliphatic carbocycles. The molecule has 2 aromatic heterocycles. The second-order valence-electron chi connectivity index (χ2n) is 6.69. The topological polar surface area (TPSA) is 73.0 Å². The maximum Gasteiger partial charge on any atom is 0.231 e. The summed E-state index contributed by atoms with van der Waals surface area (Å²) in [6.45, 7) is 0. The van der Waals surface area contributed by atoms with Gasteiger partial charge < -0.3 is 9.73 Å². The molecule has 1 N–H and O–H groups in total. The quantitative estimate of drug-likeness (QED) is 0.747. The summed E-state index contributed by atoms with van der Waals surface area (Å²) >= 11 is 0. The maximum absolute atomic E-state index is 12.4. The number of carbonyl (C=O) groups excluding carboxylic acids is 1. The molecule has 3 aromatic rings. The summed E-state index contributed by atoms with van der Waals surface area (Å²) in [5.41, 5.74) is 1.51. The predicted octanol–water partition coefficient (Wildman–Crippen LogP) is 4.22. The number of rotatable bonds is 5. The van der Waals surface area contributed by atoms with Crippen molar-refractivity contribution in [1.29, 1.82) is 0 Å². The van der Waals surface area contributed by atoms with Crippen LogP contribution < -0.4 is 5.32 Å². The zero-order valence-electron chi connectivity index (χ0n) is 14.6. The molecule has 1 amide bonds. The van der Waals surface area contributed by atoms with E-state index in [9.17, 15) is 4.79 Å². The number of benzene rings is 1. The number of oxazole rings is 1. The number of hydrogen-bond donors (Lipinski definition) is 1. The summed E-state index contributed by atoms with van der Waals surface area (Å²) < 4.78 is 7.45. The predicted molar refractivity (Wildman–Crippen MR) is 98.6 cm³/mol. The molecule has 134 valence electrons. The van der Waals surface area contributed by atoms with E-state index < -0.39 is 0 Å². The van der Waals surface area contributed by atoms with Crippen molar-refractivity contribution >= 4 is 11.7 Å². The molecule has 0 spiro atoms. The van der Waals surface area contributed by atoms with Gasteiger partial charge in [-0.3, -0.25) is 4.79 Å². The third-order valence-corrected chi connectivity index (χ3v) is 4.77. The van der Waals surface area contributed by atoms with Gasteiger partial charge in [0.25, 0.3) is 0 Å². The van der Waals surface area contributed by atoms with Crippen molar-refractivity contribution in [2.24, 2.45) is 0 Å². The van der Waals surface area contributed by atoms with Crippen molar-refractivity contribution in [1.82, 2.24) is 14.8 Å². The van der Waals surface area contributed by atoms with Gasteiger partial charge in [0.15, 0.2) is 0 Å². The molecule has 0 bridgehead atoms. The van der Waals surface area contributed by atoms with Crippen LogP contribution in [0.3, 0.4) is 0 Å². The molecule has 0 atom stereocenters. The Labute approximate surface area is 152 Å². The second-order valence-corrected chi connectivity index (χ2v) is 6.69. The molecule has 26 heavy (non-hydrogen) atoms. The summed E-state index contributed by atoms with van der Waals surface area (Å²) in [4.78, 5) is 16.8. The fourth-order valence-corrected chi connectivity index (χ4v) is 3.48. The van der Waals surface area contributed by atoms with Crippen molar-refractivity contribution in [3.63, 3.8) is 0 Å². The molecule has 0 radical (unpaired) electrons. The minimum Gasteiger partial charge on any atom is -0.444 e. The number of carbonyl (C=O) groups is 1. The lowest BCUT2D eigenvalue weighted by molar-refractivity contribution is -0.115. The van der Waals surface area contributed by atoms with E-state index in [0.717, 1.165) is 24.2 Å². The van der Waals surface area contributed by atoms with Crippen LogP contribution in [0.4, 0.5) is 5.82 Å². The van der Waals surface area contributed by atoms with Gasteiger partial charge in [0.2, 0.25) is 11.8 Å². The lowest BCUT2D eigenvalue weighted by Gasteiger charge is -2.23. The summed E-state index contributed by atoms with van der Waals surface area (Å²) in [6.07, 6.45) is 9.43. The first-order valence-electron chi connectivity index (χ1n) is 9.13. The molecule has 1 fully saturated rings. The first-order valence-corrected chi connectivity index (χ1v) is 9.13. The van der Waals surface area contributed by atoms with Gasteiger partial charge in [0, 0.05) is 11.6 Å². The largest absolute Gasteiger partial charge is 0.444 e. The number of nitrogens with zero attached hydrogens (tertiary/aromatic N) is 3. The van der Waals surface area contributed by atoms with E-state index in [2.05, 4.69) is 15.4 Å². The van der Waals surface area contributed by atoms with Crippen LogP contribution in [0, 0.1) is 0 Å². The van der Waals surface area contributed by atoms with E-state index in [1.807, 2.05) is 41.1 Å². The normalized spacial score (nSPS) is 15.1. The number of amides is 1.